The Morgan fingerprint density at radius 2 is 1.88 bits per heavy atom. The average molecular weight is 449 g/mol. The maximum absolute atomic E-state index is 14.3. The van der Waals surface area contributed by atoms with Gasteiger partial charge in [-0.05, 0) is 44.0 Å². The average Bonchev–Trinajstić information content (AvgIpc) is 3.46. The summed E-state index contributed by atoms with van der Waals surface area (Å²) in [7, 11) is 1.70. The standard InChI is InChI=1S/C22H20FN7O3/c1-12-10-29(2)27-19(12)21(32)24-17-9-14(5-7-16(17)23)33-15-6-8-18-25-22(28-30(18)11-15)26-20(31)13-3-4-13/h5-11,13H,3-4H2,1-2H3,(H,24,32)(H,26,28,31). The van der Waals surface area contributed by atoms with Gasteiger partial charge in [0.1, 0.15) is 17.3 Å². The number of aromatic nitrogens is 5. The molecule has 168 valence electrons. The molecule has 0 bridgehead atoms. The van der Waals surface area contributed by atoms with Crippen molar-refractivity contribution in [1.82, 2.24) is 24.4 Å². The first-order valence-electron chi connectivity index (χ1n) is 10.3. The van der Waals surface area contributed by atoms with E-state index in [4.69, 9.17) is 4.74 Å². The van der Waals surface area contributed by atoms with Gasteiger partial charge in [-0.15, -0.1) is 5.10 Å². The number of fused-ring (bicyclic) bond motifs is 1. The van der Waals surface area contributed by atoms with Crippen molar-refractivity contribution in [3.8, 4) is 11.5 Å². The van der Waals surface area contributed by atoms with Crippen molar-refractivity contribution in [3.05, 3.63) is 59.8 Å². The zero-order valence-electron chi connectivity index (χ0n) is 17.9. The van der Waals surface area contributed by atoms with Crippen LogP contribution < -0.4 is 15.4 Å². The minimum Gasteiger partial charge on any atom is -0.456 e. The smallest absolute Gasteiger partial charge is 0.276 e. The van der Waals surface area contributed by atoms with Gasteiger partial charge in [0.25, 0.3) is 5.91 Å². The Balaban J connectivity index is 1.32. The number of aryl methyl sites for hydroxylation is 2. The maximum Gasteiger partial charge on any atom is 0.276 e. The van der Waals surface area contributed by atoms with Crippen molar-refractivity contribution >= 4 is 29.1 Å². The third kappa shape index (κ3) is 4.38. The van der Waals surface area contributed by atoms with Crippen molar-refractivity contribution < 1.29 is 18.7 Å². The number of halogens is 1. The number of ether oxygens (including phenoxy) is 1. The van der Waals surface area contributed by atoms with Crippen LogP contribution >= 0.6 is 0 Å². The third-order valence-electron chi connectivity index (χ3n) is 5.14. The molecule has 11 heteroatoms. The number of anilines is 2. The van der Waals surface area contributed by atoms with Crippen LogP contribution in [0.15, 0.2) is 42.7 Å². The largest absolute Gasteiger partial charge is 0.456 e. The number of nitrogens with one attached hydrogen (secondary N) is 2. The third-order valence-corrected chi connectivity index (χ3v) is 5.14. The Kier molecular flexibility index (Phi) is 5.00. The van der Waals surface area contributed by atoms with Crippen LogP contribution in [0, 0.1) is 18.7 Å². The predicted octanol–water partition coefficient (Wildman–Crippen LogP) is 3.30. The minimum absolute atomic E-state index is 0.0329. The lowest BCUT2D eigenvalue weighted by molar-refractivity contribution is -0.117. The zero-order chi connectivity index (χ0) is 23.1. The number of amides is 2. The van der Waals surface area contributed by atoms with Crippen LogP contribution in [0.25, 0.3) is 5.65 Å². The summed E-state index contributed by atoms with van der Waals surface area (Å²) in [6, 6.07) is 7.40. The molecule has 3 heterocycles. The first-order valence-corrected chi connectivity index (χ1v) is 10.3. The van der Waals surface area contributed by atoms with Crippen molar-refractivity contribution in [1.29, 1.82) is 0 Å². The van der Waals surface area contributed by atoms with Crippen LogP contribution in [-0.2, 0) is 11.8 Å². The fourth-order valence-corrected chi connectivity index (χ4v) is 3.35. The summed E-state index contributed by atoms with van der Waals surface area (Å²) in [6.45, 7) is 1.75. The molecule has 1 aromatic carbocycles. The zero-order valence-corrected chi connectivity index (χ0v) is 17.9. The molecule has 1 aliphatic rings. The minimum atomic E-state index is -0.605. The molecule has 1 fully saturated rings. The van der Waals surface area contributed by atoms with Gasteiger partial charge in [0.05, 0.1) is 11.9 Å². The Labute approximate surface area is 187 Å². The predicted molar refractivity (Wildman–Crippen MR) is 117 cm³/mol. The van der Waals surface area contributed by atoms with E-state index in [-0.39, 0.29) is 29.2 Å². The van der Waals surface area contributed by atoms with Gasteiger partial charge in [-0.2, -0.15) is 10.1 Å². The van der Waals surface area contributed by atoms with E-state index in [1.807, 2.05) is 0 Å². The second kappa shape index (κ2) is 8.01. The number of hydrogen-bond donors (Lipinski definition) is 2. The molecule has 5 rings (SSSR count). The summed E-state index contributed by atoms with van der Waals surface area (Å²) in [5.74, 6) is -0.209. The first kappa shape index (κ1) is 20.6. The molecule has 2 amide bonds. The van der Waals surface area contributed by atoms with Crippen molar-refractivity contribution in [3.63, 3.8) is 0 Å². The summed E-state index contributed by atoms with van der Waals surface area (Å²) < 4.78 is 23.1. The molecule has 0 spiro atoms. The lowest BCUT2D eigenvalue weighted by atomic mass is 10.2. The second-order valence-electron chi connectivity index (χ2n) is 7.90. The molecule has 33 heavy (non-hydrogen) atoms. The van der Waals surface area contributed by atoms with E-state index in [0.717, 1.165) is 12.8 Å². The SMILES string of the molecule is Cc1cn(C)nc1C(=O)Nc1cc(Oc2ccc3nc(NC(=O)C4CC4)nn3c2)ccc1F. The highest BCUT2D eigenvalue weighted by Gasteiger charge is 2.30. The molecule has 3 aromatic heterocycles. The Bertz CT molecular complexity index is 1390. The Morgan fingerprint density at radius 1 is 1.09 bits per heavy atom. The molecule has 2 N–H and O–H groups in total. The van der Waals surface area contributed by atoms with Crippen molar-refractivity contribution in [2.24, 2.45) is 13.0 Å². The molecular formula is C22H20FN7O3. The van der Waals surface area contributed by atoms with Crippen molar-refractivity contribution in [2.45, 2.75) is 19.8 Å². The van der Waals surface area contributed by atoms with E-state index in [0.29, 0.717) is 22.7 Å². The first-order chi connectivity index (χ1) is 15.9. The molecule has 4 aromatic rings. The lowest BCUT2D eigenvalue weighted by Crippen LogP contribution is -2.15. The molecule has 0 aliphatic heterocycles. The summed E-state index contributed by atoms with van der Waals surface area (Å²) in [4.78, 5) is 28.7. The highest BCUT2D eigenvalue weighted by Crippen LogP contribution is 2.30. The second-order valence-corrected chi connectivity index (χ2v) is 7.90. The number of pyridine rings is 1. The van der Waals surface area contributed by atoms with Gasteiger partial charge in [-0.3, -0.25) is 19.6 Å². The van der Waals surface area contributed by atoms with E-state index in [9.17, 15) is 14.0 Å². The van der Waals surface area contributed by atoms with Crippen molar-refractivity contribution in [2.75, 3.05) is 10.6 Å². The molecule has 1 saturated carbocycles. The van der Waals surface area contributed by atoms with Gasteiger partial charge < -0.3 is 10.1 Å². The molecule has 0 unspecified atom stereocenters. The highest BCUT2D eigenvalue weighted by molar-refractivity contribution is 6.04. The van der Waals surface area contributed by atoms with Gasteiger partial charge in [0.15, 0.2) is 11.3 Å². The molecular weight excluding hydrogens is 429 g/mol. The van der Waals surface area contributed by atoms with Gasteiger partial charge in [0.2, 0.25) is 11.9 Å². The summed E-state index contributed by atoms with van der Waals surface area (Å²) in [6.07, 6.45) is 5.07. The fraction of sp³-hybridized carbons (Fsp3) is 0.227. The van der Waals surface area contributed by atoms with Crippen LogP contribution in [0.3, 0.4) is 0 Å². The van der Waals surface area contributed by atoms with E-state index >= 15 is 0 Å². The number of benzene rings is 1. The highest BCUT2D eigenvalue weighted by atomic mass is 19.1. The quantitative estimate of drug-likeness (QED) is 0.467. The number of hydrogen-bond acceptors (Lipinski definition) is 6. The number of carbonyl (C=O) groups is 2. The van der Waals surface area contributed by atoms with E-state index in [1.54, 1.807) is 38.5 Å². The van der Waals surface area contributed by atoms with E-state index < -0.39 is 11.7 Å². The topological polar surface area (TPSA) is 115 Å². The van der Waals surface area contributed by atoms with Crippen LogP contribution in [0.4, 0.5) is 16.0 Å². The van der Waals surface area contributed by atoms with E-state index in [2.05, 4.69) is 25.8 Å². The number of rotatable bonds is 6. The van der Waals surface area contributed by atoms with Gasteiger partial charge in [0, 0.05) is 30.8 Å². The maximum atomic E-state index is 14.3. The molecule has 0 saturated heterocycles. The monoisotopic (exact) mass is 449 g/mol. The summed E-state index contributed by atoms with van der Waals surface area (Å²) in [5.41, 5.74) is 1.39. The fourth-order valence-electron chi connectivity index (χ4n) is 3.35. The normalized spacial score (nSPS) is 13.2. The molecule has 0 radical (unpaired) electrons. The Hall–Kier alpha value is -4.28. The van der Waals surface area contributed by atoms with E-state index in [1.165, 1.54) is 27.4 Å². The summed E-state index contributed by atoms with van der Waals surface area (Å²) in [5, 5.41) is 13.6. The lowest BCUT2D eigenvalue weighted by Gasteiger charge is -2.10. The number of nitrogens with zero attached hydrogens (tertiary/aromatic N) is 5. The Morgan fingerprint density at radius 3 is 2.61 bits per heavy atom. The van der Waals surface area contributed by atoms with Gasteiger partial charge >= 0.3 is 0 Å². The van der Waals surface area contributed by atoms with Crippen LogP contribution in [0.2, 0.25) is 0 Å². The van der Waals surface area contributed by atoms with Gasteiger partial charge in [-0.1, -0.05) is 0 Å². The number of carbonyl (C=O) groups excluding carboxylic acids is 2. The van der Waals surface area contributed by atoms with Crippen LogP contribution in [-0.4, -0.2) is 36.2 Å². The summed E-state index contributed by atoms with van der Waals surface area (Å²) >= 11 is 0. The molecule has 10 nitrogen and oxygen atoms in total. The molecule has 1 aliphatic carbocycles. The van der Waals surface area contributed by atoms with Crippen LogP contribution in [0.5, 0.6) is 11.5 Å². The van der Waals surface area contributed by atoms with Crippen LogP contribution in [0.1, 0.15) is 28.9 Å². The molecule has 0 atom stereocenters. The van der Waals surface area contributed by atoms with Gasteiger partial charge in [-0.25, -0.2) is 8.91 Å².